The zero-order valence-electron chi connectivity index (χ0n) is 12.7. The third-order valence-electron chi connectivity index (χ3n) is 4.04. The average molecular weight is 293 g/mol. The summed E-state index contributed by atoms with van der Waals surface area (Å²) in [6.07, 6.45) is 3.18. The summed E-state index contributed by atoms with van der Waals surface area (Å²) in [6.45, 7) is 7.89. The molecule has 0 radical (unpaired) electrons. The highest BCUT2D eigenvalue weighted by Gasteiger charge is 2.17. The molecule has 2 nitrogen and oxygen atoms in total. The van der Waals surface area contributed by atoms with Gasteiger partial charge in [0.25, 0.3) is 0 Å². The first-order valence-corrected chi connectivity index (χ1v) is 8.80. The van der Waals surface area contributed by atoms with Crippen molar-refractivity contribution in [3.05, 3.63) is 29.8 Å². The van der Waals surface area contributed by atoms with Crippen LogP contribution in [0.1, 0.15) is 44.8 Å². The van der Waals surface area contributed by atoms with Gasteiger partial charge in [0.05, 0.1) is 6.10 Å². The van der Waals surface area contributed by atoms with E-state index in [4.69, 9.17) is 0 Å². The predicted molar refractivity (Wildman–Crippen MR) is 87.3 cm³/mol. The molecule has 0 spiro atoms. The zero-order valence-corrected chi connectivity index (χ0v) is 13.5. The maximum absolute atomic E-state index is 10.3. The van der Waals surface area contributed by atoms with Crippen molar-refractivity contribution in [3.63, 3.8) is 0 Å². The molecule has 2 rings (SSSR count). The Hall–Kier alpha value is -0.510. The molecule has 1 N–H and O–H groups in total. The number of rotatable bonds is 6. The van der Waals surface area contributed by atoms with Gasteiger partial charge in [-0.15, -0.1) is 11.8 Å². The van der Waals surface area contributed by atoms with Crippen molar-refractivity contribution < 1.29 is 5.11 Å². The first-order chi connectivity index (χ1) is 9.69. The lowest BCUT2D eigenvalue weighted by atomic mass is 9.99. The number of aliphatic hydroxyl groups is 1. The van der Waals surface area contributed by atoms with E-state index in [9.17, 15) is 5.11 Å². The molecular formula is C17H27NOS. The van der Waals surface area contributed by atoms with Gasteiger partial charge in [0.1, 0.15) is 0 Å². The molecule has 1 aliphatic rings. The van der Waals surface area contributed by atoms with Crippen molar-refractivity contribution in [2.45, 2.75) is 44.1 Å². The van der Waals surface area contributed by atoms with E-state index in [0.717, 1.165) is 30.2 Å². The number of thioether (sulfide) groups is 1. The average Bonchev–Trinajstić information content (AvgIpc) is 2.46. The van der Waals surface area contributed by atoms with Crippen molar-refractivity contribution >= 4 is 11.8 Å². The van der Waals surface area contributed by atoms with Crippen molar-refractivity contribution in [1.82, 2.24) is 4.90 Å². The van der Waals surface area contributed by atoms with Crippen molar-refractivity contribution in [2.75, 3.05) is 25.4 Å². The third kappa shape index (κ3) is 4.80. The highest BCUT2D eigenvalue weighted by atomic mass is 32.2. The fourth-order valence-electron chi connectivity index (χ4n) is 2.91. The molecule has 0 amide bonds. The van der Waals surface area contributed by atoms with Gasteiger partial charge in [-0.3, -0.25) is 0 Å². The number of aliphatic hydroxyl groups excluding tert-OH is 1. The number of nitrogens with zero attached hydrogens (tertiary/aromatic N) is 1. The Morgan fingerprint density at radius 1 is 1.35 bits per heavy atom. The minimum absolute atomic E-state index is 0.326. The highest BCUT2D eigenvalue weighted by molar-refractivity contribution is 7.99. The van der Waals surface area contributed by atoms with Crippen LogP contribution in [0.15, 0.2) is 29.2 Å². The summed E-state index contributed by atoms with van der Waals surface area (Å²) in [5.74, 6) is 1.90. The molecule has 0 aromatic heterocycles. The van der Waals surface area contributed by atoms with Crippen LogP contribution in [0, 0.1) is 5.92 Å². The van der Waals surface area contributed by atoms with Crippen LogP contribution in [0.2, 0.25) is 0 Å². The molecular weight excluding hydrogens is 266 g/mol. The third-order valence-corrected chi connectivity index (χ3v) is 4.93. The predicted octanol–water partition coefficient (Wildman–Crippen LogP) is 3.95. The molecule has 1 saturated heterocycles. The lowest BCUT2D eigenvalue weighted by Crippen LogP contribution is -2.35. The standard InChI is InChI=1S/C17H27NOS/c1-3-20-16-8-6-15(7-9-16)17(19)10-12-18-11-4-5-14(2)13-18/h6-9,14,17,19H,3-5,10-13H2,1-2H3. The van der Waals surface area contributed by atoms with Crippen molar-refractivity contribution in [2.24, 2.45) is 5.92 Å². The van der Waals surface area contributed by atoms with Gasteiger partial charge in [0, 0.05) is 18.0 Å². The van der Waals surface area contributed by atoms with E-state index >= 15 is 0 Å². The number of benzene rings is 1. The largest absolute Gasteiger partial charge is 0.388 e. The number of hydrogen-bond donors (Lipinski definition) is 1. The molecule has 1 fully saturated rings. The van der Waals surface area contributed by atoms with Gasteiger partial charge in [0.2, 0.25) is 0 Å². The Morgan fingerprint density at radius 2 is 2.10 bits per heavy atom. The minimum atomic E-state index is -0.326. The molecule has 3 heteroatoms. The Morgan fingerprint density at radius 3 is 2.75 bits per heavy atom. The van der Waals surface area contributed by atoms with E-state index < -0.39 is 0 Å². The minimum Gasteiger partial charge on any atom is -0.388 e. The van der Waals surface area contributed by atoms with Crippen molar-refractivity contribution in [1.29, 1.82) is 0 Å². The summed E-state index contributed by atoms with van der Waals surface area (Å²) in [5, 5.41) is 10.3. The Bertz CT molecular complexity index is 392. The van der Waals surface area contributed by atoms with Crippen LogP contribution in [0.5, 0.6) is 0 Å². The Labute approximate surface area is 127 Å². The second-order valence-electron chi connectivity index (χ2n) is 5.85. The highest BCUT2D eigenvalue weighted by Crippen LogP contribution is 2.23. The van der Waals surface area contributed by atoms with E-state index in [0.29, 0.717) is 0 Å². The summed E-state index contributed by atoms with van der Waals surface area (Å²) < 4.78 is 0. The quantitative estimate of drug-likeness (QED) is 0.803. The monoisotopic (exact) mass is 293 g/mol. The van der Waals surface area contributed by atoms with Crippen molar-refractivity contribution in [3.8, 4) is 0 Å². The van der Waals surface area contributed by atoms with E-state index in [1.165, 1.54) is 30.8 Å². The molecule has 20 heavy (non-hydrogen) atoms. The van der Waals surface area contributed by atoms with Crippen LogP contribution >= 0.6 is 11.8 Å². The maximum atomic E-state index is 10.3. The van der Waals surface area contributed by atoms with Gasteiger partial charge in [-0.1, -0.05) is 26.0 Å². The first kappa shape index (κ1) is 15.9. The molecule has 0 aliphatic carbocycles. The van der Waals surface area contributed by atoms with E-state index in [1.54, 1.807) is 0 Å². The molecule has 1 aliphatic heterocycles. The van der Waals surface area contributed by atoms with Gasteiger partial charge in [-0.2, -0.15) is 0 Å². The van der Waals surface area contributed by atoms with E-state index in [2.05, 4.69) is 43.0 Å². The Kier molecular flexibility index (Phi) is 6.40. The van der Waals surface area contributed by atoms with Crippen LogP contribution in [-0.4, -0.2) is 35.4 Å². The molecule has 2 unspecified atom stereocenters. The van der Waals surface area contributed by atoms with Crippen LogP contribution in [-0.2, 0) is 0 Å². The van der Waals surface area contributed by atoms with E-state index in [1.807, 2.05) is 11.8 Å². The van der Waals surface area contributed by atoms with Crippen LogP contribution in [0.25, 0.3) is 0 Å². The van der Waals surface area contributed by atoms with Crippen LogP contribution in [0.4, 0.5) is 0 Å². The first-order valence-electron chi connectivity index (χ1n) is 7.82. The lowest BCUT2D eigenvalue weighted by molar-refractivity contribution is 0.122. The summed E-state index contributed by atoms with van der Waals surface area (Å²) in [6, 6.07) is 8.38. The molecule has 0 saturated carbocycles. The van der Waals surface area contributed by atoms with Gasteiger partial charge >= 0.3 is 0 Å². The molecule has 0 bridgehead atoms. The molecule has 1 heterocycles. The number of hydrogen-bond acceptors (Lipinski definition) is 3. The van der Waals surface area contributed by atoms with E-state index in [-0.39, 0.29) is 6.10 Å². The topological polar surface area (TPSA) is 23.5 Å². The number of likely N-dealkylation sites (tertiary alicyclic amines) is 1. The summed E-state index contributed by atoms with van der Waals surface area (Å²) in [5.41, 5.74) is 1.05. The summed E-state index contributed by atoms with van der Waals surface area (Å²) in [4.78, 5) is 3.78. The summed E-state index contributed by atoms with van der Waals surface area (Å²) in [7, 11) is 0. The van der Waals surface area contributed by atoms with Crippen LogP contribution in [0.3, 0.4) is 0 Å². The second-order valence-corrected chi connectivity index (χ2v) is 7.19. The zero-order chi connectivity index (χ0) is 14.4. The fraction of sp³-hybridized carbons (Fsp3) is 0.647. The Balaban J connectivity index is 1.80. The number of piperidine rings is 1. The van der Waals surface area contributed by atoms with Gasteiger partial charge in [-0.05, 0) is 55.2 Å². The normalized spacial score (nSPS) is 21.9. The molecule has 1 aromatic rings. The lowest BCUT2D eigenvalue weighted by Gasteiger charge is -2.31. The fourth-order valence-corrected chi connectivity index (χ4v) is 3.58. The smallest absolute Gasteiger partial charge is 0.0802 e. The SMILES string of the molecule is CCSc1ccc(C(O)CCN2CCCC(C)C2)cc1. The molecule has 2 atom stereocenters. The molecule has 112 valence electrons. The van der Waals surface area contributed by atoms with Crippen LogP contribution < -0.4 is 0 Å². The molecule has 1 aromatic carbocycles. The van der Waals surface area contributed by atoms with Gasteiger partial charge in [-0.25, -0.2) is 0 Å². The maximum Gasteiger partial charge on any atom is 0.0802 e. The van der Waals surface area contributed by atoms with Gasteiger partial charge in [0.15, 0.2) is 0 Å². The van der Waals surface area contributed by atoms with Gasteiger partial charge < -0.3 is 10.0 Å². The second kappa shape index (κ2) is 8.06. The summed E-state index contributed by atoms with van der Waals surface area (Å²) >= 11 is 1.84.